The highest BCUT2D eigenvalue weighted by Crippen LogP contribution is 2.24. The number of rotatable bonds is 5. The number of piperazine rings is 1. The van der Waals surface area contributed by atoms with Gasteiger partial charge in [0.15, 0.2) is 0 Å². The summed E-state index contributed by atoms with van der Waals surface area (Å²) in [6.45, 7) is 5.35. The van der Waals surface area contributed by atoms with Gasteiger partial charge in [-0.15, -0.1) is 0 Å². The lowest BCUT2D eigenvalue weighted by atomic mass is 10.0. The van der Waals surface area contributed by atoms with Gasteiger partial charge in [0, 0.05) is 37.3 Å². The highest BCUT2D eigenvalue weighted by molar-refractivity contribution is 7.90. The van der Waals surface area contributed by atoms with Gasteiger partial charge in [0.2, 0.25) is 5.91 Å². The number of ether oxygens (including phenoxy) is 1. The molecular formula is C24H28N4O5S. The fraction of sp³-hybridized carbons (Fsp3) is 0.375. The minimum Gasteiger partial charge on any atom is -0.497 e. The summed E-state index contributed by atoms with van der Waals surface area (Å²) in [7, 11) is -2.11. The molecule has 1 atom stereocenters. The molecule has 10 heteroatoms. The molecule has 180 valence electrons. The highest BCUT2D eigenvalue weighted by atomic mass is 32.2. The second kappa shape index (κ2) is 9.46. The molecule has 0 spiro atoms. The van der Waals surface area contributed by atoms with Crippen LogP contribution in [0, 0.1) is 5.92 Å². The summed E-state index contributed by atoms with van der Waals surface area (Å²) in [6, 6.07) is 12.8. The van der Waals surface area contributed by atoms with E-state index < -0.39 is 16.1 Å². The molecule has 1 N–H and O–H groups in total. The molecule has 0 aromatic heterocycles. The van der Waals surface area contributed by atoms with Crippen molar-refractivity contribution >= 4 is 27.7 Å². The first-order valence-electron chi connectivity index (χ1n) is 11.1. The van der Waals surface area contributed by atoms with Gasteiger partial charge in [-0.3, -0.25) is 19.3 Å². The van der Waals surface area contributed by atoms with Crippen LogP contribution in [0.4, 0.5) is 0 Å². The van der Waals surface area contributed by atoms with E-state index in [9.17, 15) is 18.0 Å². The number of hydrogen-bond donors (Lipinski definition) is 1. The van der Waals surface area contributed by atoms with Gasteiger partial charge < -0.3 is 14.5 Å². The van der Waals surface area contributed by atoms with Crippen molar-refractivity contribution in [2.75, 3.05) is 33.3 Å². The van der Waals surface area contributed by atoms with Crippen LogP contribution in [-0.2, 0) is 14.8 Å². The van der Waals surface area contributed by atoms with E-state index in [4.69, 9.17) is 4.74 Å². The summed E-state index contributed by atoms with van der Waals surface area (Å²) in [5, 5.41) is 0. The van der Waals surface area contributed by atoms with E-state index in [2.05, 4.69) is 9.71 Å². The maximum absolute atomic E-state index is 13.3. The molecule has 2 aliphatic heterocycles. The van der Waals surface area contributed by atoms with Crippen molar-refractivity contribution in [2.24, 2.45) is 10.9 Å². The quantitative estimate of drug-likeness (QED) is 0.696. The molecule has 2 aromatic rings. The Bertz CT molecular complexity index is 1220. The third-order valence-corrected chi connectivity index (χ3v) is 7.43. The molecule has 1 fully saturated rings. The number of nitrogens with zero attached hydrogens (tertiary/aromatic N) is 3. The average Bonchev–Trinajstić information content (AvgIpc) is 3.11. The van der Waals surface area contributed by atoms with E-state index in [-0.39, 0.29) is 28.5 Å². The first kappa shape index (κ1) is 23.7. The number of hydrogen-bond acceptors (Lipinski definition) is 6. The van der Waals surface area contributed by atoms with E-state index in [1.165, 1.54) is 6.07 Å². The fourth-order valence-corrected chi connectivity index (χ4v) is 5.33. The van der Waals surface area contributed by atoms with Gasteiger partial charge in [0.25, 0.3) is 15.9 Å². The zero-order chi connectivity index (χ0) is 24.5. The van der Waals surface area contributed by atoms with Crippen LogP contribution in [0.25, 0.3) is 0 Å². The van der Waals surface area contributed by atoms with E-state index in [0.717, 1.165) is 0 Å². The second-order valence-electron chi connectivity index (χ2n) is 8.61. The maximum atomic E-state index is 13.3. The van der Waals surface area contributed by atoms with Crippen molar-refractivity contribution in [3.63, 3.8) is 0 Å². The van der Waals surface area contributed by atoms with Gasteiger partial charge in [-0.2, -0.15) is 0 Å². The Hall–Kier alpha value is -3.40. The van der Waals surface area contributed by atoms with E-state index in [0.29, 0.717) is 43.1 Å². The summed E-state index contributed by atoms with van der Waals surface area (Å²) >= 11 is 0. The smallest absolute Gasteiger partial charge is 0.263 e. The lowest BCUT2D eigenvalue weighted by Crippen LogP contribution is -2.53. The van der Waals surface area contributed by atoms with Crippen LogP contribution in [0.2, 0.25) is 0 Å². The van der Waals surface area contributed by atoms with Crippen molar-refractivity contribution in [1.82, 2.24) is 14.5 Å². The molecule has 0 radical (unpaired) electrons. The van der Waals surface area contributed by atoms with Crippen LogP contribution in [0.15, 0.2) is 58.4 Å². The third-order valence-electron chi connectivity index (χ3n) is 6.03. The average molecular weight is 485 g/mol. The lowest BCUT2D eigenvalue weighted by Gasteiger charge is -2.36. The highest BCUT2D eigenvalue weighted by Gasteiger charge is 2.35. The molecule has 34 heavy (non-hydrogen) atoms. The molecule has 1 saturated heterocycles. The topological polar surface area (TPSA) is 108 Å². The molecule has 2 aliphatic rings. The molecule has 2 aromatic carbocycles. The summed E-state index contributed by atoms with van der Waals surface area (Å²) in [6.07, 6.45) is 0. The van der Waals surface area contributed by atoms with Crippen molar-refractivity contribution in [3.8, 4) is 5.75 Å². The second-order valence-corrected chi connectivity index (χ2v) is 10.3. The molecule has 0 saturated carbocycles. The van der Waals surface area contributed by atoms with Gasteiger partial charge in [-0.05, 0) is 42.3 Å². The van der Waals surface area contributed by atoms with Crippen LogP contribution in [-0.4, -0.2) is 75.2 Å². The summed E-state index contributed by atoms with van der Waals surface area (Å²) in [5.41, 5.74) is 1.04. The van der Waals surface area contributed by atoms with Crippen LogP contribution >= 0.6 is 0 Å². The monoisotopic (exact) mass is 484 g/mol. The summed E-state index contributed by atoms with van der Waals surface area (Å²) < 4.78 is 32.4. The molecule has 2 heterocycles. The number of carbonyl (C=O) groups is 2. The van der Waals surface area contributed by atoms with Crippen molar-refractivity contribution < 1.29 is 22.7 Å². The summed E-state index contributed by atoms with van der Waals surface area (Å²) in [5.74, 6) is 0.461. The van der Waals surface area contributed by atoms with E-state index >= 15 is 0 Å². The Morgan fingerprint density at radius 2 is 1.59 bits per heavy atom. The first-order chi connectivity index (χ1) is 16.2. The van der Waals surface area contributed by atoms with Gasteiger partial charge in [-0.25, -0.2) is 8.42 Å². The van der Waals surface area contributed by atoms with Crippen LogP contribution in [0.5, 0.6) is 5.75 Å². The Labute approximate surface area is 199 Å². The minimum absolute atomic E-state index is 0.0904. The third kappa shape index (κ3) is 4.63. The lowest BCUT2D eigenvalue weighted by molar-refractivity contribution is -0.134. The molecule has 0 bridgehead atoms. The molecule has 0 aliphatic carbocycles. The number of sulfonamides is 1. The van der Waals surface area contributed by atoms with Crippen LogP contribution in [0.1, 0.15) is 29.8 Å². The SMILES string of the molecule is COc1ccc(C(=O)N2CCN(C(=O)[C@@H](N=C3NS(=O)(=O)c4ccccc43)C(C)C)CC2)cc1. The molecule has 2 amide bonds. The van der Waals surface area contributed by atoms with Gasteiger partial charge >= 0.3 is 0 Å². The largest absolute Gasteiger partial charge is 0.497 e. The number of fused-ring (bicyclic) bond motifs is 1. The standard InChI is InChI=1S/C24H28N4O5S/c1-16(2)21(25-22-19-6-4-5-7-20(19)34(31,32)26-22)24(30)28-14-12-27(13-15-28)23(29)17-8-10-18(33-3)11-9-17/h4-11,16,21H,12-15H2,1-3H3,(H,25,26)/t21-/m0/s1. The molecule has 0 unspecified atom stereocenters. The number of benzene rings is 2. The Morgan fingerprint density at radius 3 is 2.21 bits per heavy atom. The number of amidine groups is 1. The predicted molar refractivity (Wildman–Crippen MR) is 127 cm³/mol. The van der Waals surface area contributed by atoms with Gasteiger partial charge in [0.1, 0.15) is 17.6 Å². The first-order valence-corrected chi connectivity index (χ1v) is 12.6. The minimum atomic E-state index is -3.68. The zero-order valence-electron chi connectivity index (χ0n) is 19.4. The van der Waals surface area contributed by atoms with E-state index in [1.807, 2.05) is 13.8 Å². The van der Waals surface area contributed by atoms with Gasteiger partial charge in [0.05, 0.1) is 12.0 Å². The molecule has 9 nitrogen and oxygen atoms in total. The summed E-state index contributed by atoms with van der Waals surface area (Å²) in [4.78, 5) is 34.3. The normalized spacial score (nSPS) is 19.0. The van der Waals surface area contributed by atoms with E-state index in [1.54, 1.807) is 59.4 Å². The van der Waals surface area contributed by atoms with Crippen LogP contribution < -0.4 is 9.46 Å². The zero-order valence-corrected chi connectivity index (χ0v) is 20.2. The van der Waals surface area contributed by atoms with Crippen molar-refractivity contribution in [1.29, 1.82) is 0 Å². The molecular weight excluding hydrogens is 456 g/mol. The van der Waals surface area contributed by atoms with Crippen LogP contribution in [0.3, 0.4) is 0 Å². The Kier molecular flexibility index (Phi) is 6.60. The number of aliphatic imine (C=N–C) groups is 1. The van der Waals surface area contributed by atoms with Crippen molar-refractivity contribution in [2.45, 2.75) is 24.8 Å². The van der Waals surface area contributed by atoms with Gasteiger partial charge in [-0.1, -0.05) is 26.0 Å². The molecule has 4 rings (SSSR count). The van der Waals surface area contributed by atoms with Crippen molar-refractivity contribution in [3.05, 3.63) is 59.7 Å². The number of amides is 2. The fourth-order valence-electron chi connectivity index (χ4n) is 4.09. The maximum Gasteiger partial charge on any atom is 0.263 e. The predicted octanol–water partition coefficient (Wildman–Crippen LogP) is 1.74. The Balaban J connectivity index is 1.46. The number of carbonyl (C=O) groups excluding carboxylic acids is 2. The number of nitrogens with one attached hydrogen (secondary N) is 1. The Morgan fingerprint density at radius 1 is 0.971 bits per heavy atom. The number of methoxy groups -OCH3 is 1.